The lowest BCUT2D eigenvalue weighted by Crippen LogP contribution is -2.40. The minimum atomic E-state index is 0.0832. The van der Waals surface area contributed by atoms with Gasteiger partial charge in [-0.2, -0.15) is 16.7 Å². The molecule has 0 spiro atoms. The van der Waals surface area contributed by atoms with E-state index in [2.05, 4.69) is 23.7 Å². The molecule has 106 valence electrons. The first-order valence-electron chi connectivity index (χ1n) is 6.79. The fraction of sp³-hybridized carbons (Fsp3) is 0.643. The van der Waals surface area contributed by atoms with Crippen LogP contribution in [0.15, 0.2) is 12.1 Å². The van der Waals surface area contributed by atoms with Crippen molar-refractivity contribution >= 4 is 23.3 Å². The van der Waals surface area contributed by atoms with E-state index < -0.39 is 0 Å². The smallest absolute Gasteiger partial charge is 0.239 e. The van der Waals surface area contributed by atoms with E-state index in [0.29, 0.717) is 22.1 Å². The molecule has 1 fully saturated rings. The van der Waals surface area contributed by atoms with Crippen LogP contribution in [0.3, 0.4) is 0 Å². The van der Waals surface area contributed by atoms with Crippen molar-refractivity contribution in [2.24, 2.45) is 0 Å². The molecular formula is C14H23N3OS. The van der Waals surface area contributed by atoms with Crippen molar-refractivity contribution in [1.82, 2.24) is 4.98 Å². The van der Waals surface area contributed by atoms with Crippen LogP contribution < -0.4 is 15.4 Å². The Labute approximate surface area is 119 Å². The number of nitrogens with two attached hydrogens (primary N) is 1. The van der Waals surface area contributed by atoms with Crippen molar-refractivity contribution in [1.29, 1.82) is 0 Å². The summed E-state index contributed by atoms with van der Waals surface area (Å²) < 4.78 is 5.66. The molecule has 2 heterocycles. The summed E-state index contributed by atoms with van der Waals surface area (Å²) in [5.41, 5.74) is 6.51. The Morgan fingerprint density at radius 1 is 1.32 bits per heavy atom. The van der Waals surface area contributed by atoms with Gasteiger partial charge >= 0.3 is 0 Å². The quantitative estimate of drug-likeness (QED) is 0.923. The third-order valence-electron chi connectivity index (χ3n) is 2.97. The second-order valence-electron chi connectivity index (χ2n) is 5.39. The highest BCUT2D eigenvalue weighted by Gasteiger charge is 2.23. The molecule has 0 aliphatic carbocycles. The topological polar surface area (TPSA) is 51.4 Å². The Balaban J connectivity index is 2.20. The lowest BCUT2D eigenvalue weighted by molar-refractivity contribution is 0.234. The highest BCUT2D eigenvalue weighted by molar-refractivity contribution is 8.00. The highest BCUT2D eigenvalue weighted by Crippen LogP contribution is 2.30. The third kappa shape index (κ3) is 3.69. The fourth-order valence-electron chi connectivity index (χ4n) is 2.30. The average Bonchev–Trinajstić information content (AvgIpc) is 2.30. The van der Waals surface area contributed by atoms with Crippen LogP contribution in [0, 0.1) is 0 Å². The molecule has 1 aliphatic heterocycles. The highest BCUT2D eigenvalue weighted by atomic mass is 32.2. The van der Waals surface area contributed by atoms with Gasteiger partial charge in [0.25, 0.3) is 0 Å². The van der Waals surface area contributed by atoms with Crippen LogP contribution in [0.5, 0.6) is 5.88 Å². The molecule has 2 rings (SSSR count). The summed E-state index contributed by atoms with van der Waals surface area (Å²) in [4.78, 5) is 6.89. The summed E-state index contributed by atoms with van der Waals surface area (Å²) >= 11 is 2.03. The van der Waals surface area contributed by atoms with E-state index in [-0.39, 0.29) is 6.10 Å². The Hall–Kier alpha value is -1.10. The number of anilines is 2. The van der Waals surface area contributed by atoms with E-state index >= 15 is 0 Å². The lowest BCUT2D eigenvalue weighted by Gasteiger charge is -2.35. The normalized spacial score (nSPS) is 23.7. The minimum Gasteiger partial charge on any atom is -0.473 e. The number of hydrogen-bond acceptors (Lipinski definition) is 5. The predicted molar refractivity (Wildman–Crippen MR) is 83.1 cm³/mol. The Bertz CT molecular complexity index is 429. The first kappa shape index (κ1) is 14.3. The average molecular weight is 281 g/mol. The summed E-state index contributed by atoms with van der Waals surface area (Å²) in [5.74, 6) is 1.51. The van der Waals surface area contributed by atoms with Crippen molar-refractivity contribution in [3.63, 3.8) is 0 Å². The largest absolute Gasteiger partial charge is 0.473 e. The third-order valence-corrected chi connectivity index (χ3v) is 4.19. The van der Waals surface area contributed by atoms with Crippen molar-refractivity contribution in [3.05, 3.63) is 12.1 Å². The van der Waals surface area contributed by atoms with Crippen molar-refractivity contribution in [2.45, 2.75) is 44.3 Å². The van der Waals surface area contributed by atoms with Crippen molar-refractivity contribution in [3.8, 4) is 5.88 Å². The van der Waals surface area contributed by atoms with E-state index in [0.717, 1.165) is 18.9 Å². The van der Waals surface area contributed by atoms with E-state index in [1.54, 1.807) is 0 Å². The summed E-state index contributed by atoms with van der Waals surface area (Å²) in [7, 11) is 0. The van der Waals surface area contributed by atoms with Gasteiger partial charge in [-0.25, -0.2) is 0 Å². The maximum absolute atomic E-state index is 5.91. The van der Waals surface area contributed by atoms with Crippen LogP contribution in [0.25, 0.3) is 0 Å². The number of nitrogen functional groups attached to an aromatic ring is 1. The second-order valence-corrected chi connectivity index (χ2v) is 7.27. The Morgan fingerprint density at radius 2 is 1.95 bits per heavy atom. The standard InChI is InChI=1S/C14H23N3OS/c1-9(2)18-14-12(15)5-6-13(16-14)17-7-10(3)19-11(4)8-17/h5-6,9-11H,7-8,15H2,1-4H3. The van der Waals surface area contributed by atoms with Crippen LogP contribution in [-0.4, -0.2) is 34.7 Å². The van der Waals surface area contributed by atoms with Crippen LogP contribution in [0.4, 0.5) is 11.5 Å². The molecule has 5 heteroatoms. The SMILES string of the molecule is CC(C)Oc1nc(N2CC(C)SC(C)C2)ccc1N. The molecule has 1 aromatic rings. The monoisotopic (exact) mass is 281 g/mol. The number of nitrogens with zero attached hydrogens (tertiary/aromatic N) is 2. The first-order valence-corrected chi connectivity index (χ1v) is 7.73. The molecule has 0 radical (unpaired) electrons. The molecule has 2 N–H and O–H groups in total. The molecule has 0 aromatic carbocycles. The molecule has 1 aliphatic rings. The van der Waals surface area contributed by atoms with Gasteiger partial charge in [-0.3, -0.25) is 0 Å². The zero-order valence-corrected chi connectivity index (χ0v) is 12.9. The molecule has 0 saturated carbocycles. The molecule has 0 amide bonds. The maximum atomic E-state index is 5.91. The van der Waals surface area contributed by atoms with Gasteiger partial charge in [-0.05, 0) is 26.0 Å². The lowest BCUT2D eigenvalue weighted by atomic mass is 10.3. The first-order chi connectivity index (χ1) is 8.95. The molecule has 1 saturated heterocycles. The van der Waals surface area contributed by atoms with E-state index in [4.69, 9.17) is 10.5 Å². The number of ether oxygens (including phenoxy) is 1. The predicted octanol–water partition coefficient (Wildman–Crippen LogP) is 2.78. The zero-order chi connectivity index (χ0) is 14.0. The van der Waals surface area contributed by atoms with Crippen molar-refractivity contribution < 1.29 is 4.74 Å². The summed E-state index contributed by atoms with van der Waals surface area (Å²) in [5, 5.41) is 1.25. The number of aromatic nitrogens is 1. The van der Waals surface area contributed by atoms with E-state index in [1.807, 2.05) is 37.7 Å². The number of thioether (sulfide) groups is 1. The van der Waals surface area contributed by atoms with Crippen LogP contribution in [0.2, 0.25) is 0 Å². The molecule has 2 atom stereocenters. The van der Waals surface area contributed by atoms with Gasteiger partial charge in [0.15, 0.2) is 0 Å². The van der Waals surface area contributed by atoms with E-state index in [9.17, 15) is 0 Å². The van der Waals surface area contributed by atoms with Gasteiger partial charge < -0.3 is 15.4 Å². The zero-order valence-electron chi connectivity index (χ0n) is 12.1. The number of pyridine rings is 1. The molecule has 1 aromatic heterocycles. The Kier molecular flexibility index (Phi) is 4.45. The molecule has 19 heavy (non-hydrogen) atoms. The van der Waals surface area contributed by atoms with Crippen molar-refractivity contribution in [2.75, 3.05) is 23.7 Å². The summed E-state index contributed by atoms with van der Waals surface area (Å²) in [6.45, 7) is 10.5. The van der Waals surface area contributed by atoms with Gasteiger partial charge in [-0.15, -0.1) is 0 Å². The molecule has 4 nitrogen and oxygen atoms in total. The molecular weight excluding hydrogens is 258 g/mol. The molecule has 0 bridgehead atoms. The van der Waals surface area contributed by atoms with E-state index in [1.165, 1.54) is 0 Å². The molecule has 2 unspecified atom stereocenters. The van der Waals surface area contributed by atoms with Crippen LogP contribution in [-0.2, 0) is 0 Å². The van der Waals surface area contributed by atoms with Crippen LogP contribution in [0.1, 0.15) is 27.7 Å². The second kappa shape index (κ2) is 5.90. The summed E-state index contributed by atoms with van der Waals surface area (Å²) in [6, 6.07) is 3.87. The van der Waals surface area contributed by atoms with Gasteiger partial charge in [0.2, 0.25) is 5.88 Å². The van der Waals surface area contributed by atoms with Gasteiger partial charge in [0, 0.05) is 23.6 Å². The van der Waals surface area contributed by atoms with Gasteiger partial charge in [0.05, 0.1) is 11.8 Å². The summed E-state index contributed by atoms with van der Waals surface area (Å²) in [6.07, 6.45) is 0.0832. The Morgan fingerprint density at radius 3 is 2.53 bits per heavy atom. The van der Waals surface area contributed by atoms with Gasteiger partial charge in [-0.1, -0.05) is 13.8 Å². The minimum absolute atomic E-state index is 0.0832. The fourth-order valence-corrected chi connectivity index (χ4v) is 3.63. The number of rotatable bonds is 3. The van der Waals surface area contributed by atoms with Gasteiger partial charge in [0.1, 0.15) is 5.82 Å². The maximum Gasteiger partial charge on any atom is 0.239 e. The number of hydrogen-bond donors (Lipinski definition) is 1. The van der Waals surface area contributed by atoms with Crippen LogP contribution >= 0.6 is 11.8 Å².